The lowest BCUT2D eigenvalue weighted by Gasteiger charge is -2.19. The number of carbonyl (C=O) groups excluding carboxylic acids is 2. The maximum absolute atomic E-state index is 12.7. The van der Waals surface area contributed by atoms with Crippen LogP contribution >= 0.6 is 7.82 Å². The SMILES string of the molecule is CC/C=C\C/C=C\C/C=C\C/C=C\C/C=C\C/C=C\CCCCCCCCC(=O)OC(COC(=O)CCCCCCCCCCCCC/C=C\C/C=C\C/C=C\C/C=C\C/C=C\CC)COP(=O)(O)OCCN. The van der Waals surface area contributed by atoms with Crippen LogP contribution < -0.4 is 5.73 Å². The van der Waals surface area contributed by atoms with Crippen molar-refractivity contribution in [3.8, 4) is 0 Å². The summed E-state index contributed by atoms with van der Waals surface area (Å²) in [6.07, 6.45) is 80.6. The fourth-order valence-corrected chi connectivity index (χ4v) is 8.14. The molecule has 0 aromatic heterocycles. The van der Waals surface area contributed by atoms with E-state index in [1.54, 1.807) is 0 Å². The molecule has 10 heteroatoms. The van der Waals surface area contributed by atoms with Crippen LogP contribution in [0.2, 0.25) is 0 Å². The highest BCUT2D eigenvalue weighted by molar-refractivity contribution is 7.47. The molecule has 0 spiro atoms. The molecule has 2 unspecified atom stereocenters. The van der Waals surface area contributed by atoms with Gasteiger partial charge in [-0.1, -0.05) is 231 Å². The van der Waals surface area contributed by atoms with Gasteiger partial charge in [0.2, 0.25) is 0 Å². The Morgan fingerprint density at radius 2 is 0.712 bits per heavy atom. The van der Waals surface area contributed by atoms with E-state index in [0.717, 1.165) is 141 Å². The Morgan fingerprint density at radius 3 is 1.05 bits per heavy atom. The van der Waals surface area contributed by atoms with Crippen LogP contribution in [-0.2, 0) is 32.7 Å². The van der Waals surface area contributed by atoms with E-state index in [2.05, 4.69) is 148 Å². The summed E-state index contributed by atoms with van der Waals surface area (Å²) in [6.45, 7) is 3.48. The fraction of sp³-hybridized carbons (Fsp3) is 0.619. The van der Waals surface area contributed by atoms with Gasteiger partial charge in [0.05, 0.1) is 13.2 Å². The van der Waals surface area contributed by atoms with Crippen LogP contribution in [0.15, 0.2) is 134 Å². The Morgan fingerprint density at radius 1 is 0.411 bits per heavy atom. The van der Waals surface area contributed by atoms with E-state index in [4.69, 9.17) is 24.3 Å². The molecule has 0 fully saturated rings. The molecule has 0 rings (SSSR count). The van der Waals surface area contributed by atoms with Crippen LogP contribution in [-0.4, -0.2) is 49.3 Å². The van der Waals surface area contributed by atoms with E-state index < -0.39 is 32.5 Å². The quantitative estimate of drug-likeness (QED) is 0.0264. The number of phosphoric acid groups is 1. The highest BCUT2D eigenvalue weighted by Crippen LogP contribution is 2.43. The minimum absolute atomic E-state index is 0.0430. The summed E-state index contributed by atoms with van der Waals surface area (Å²) in [7, 11) is -4.40. The lowest BCUT2D eigenvalue weighted by atomic mass is 10.0. The number of carbonyl (C=O) groups is 2. The van der Waals surface area contributed by atoms with Gasteiger partial charge in [0.1, 0.15) is 6.61 Å². The van der Waals surface area contributed by atoms with Gasteiger partial charge in [-0.25, -0.2) is 4.57 Å². The van der Waals surface area contributed by atoms with Gasteiger partial charge < -0.3 is 20.1 Å². The van der Waals surface area contributed by atoms with Crippen molar-refractivity contribution in [2.24, 2.45) is 5.73 Å². The van der Waals surface area contributed by atoms with Crippen molar-refractivity contribution in [3.05, 3.63) is 134 Å². The van der Waals surface area contributed by atoms with Gasteiger partial charge in [0.25, 0.3) is 0 Å². The number of esters is 2. The first kappa shape index (κ1) is 69.2. The topological polar surface area (TPSA) is 134 Å². The zero-order chi connectivity index (χ0) is 53.1. The average molecular weight is 1030 g/mol. The normalized spacial score (nSPS) is 14.1. The number of phosphoric ester groups is 1. The Labute approximate surface area is 446 Å². The Kier molecular flexibility index (Phi) is 54.4. The number of unbranched alkanes of at least 4 members (excludes halogenated alkanes) is 17. The second-order valence-corrected chi connectivity index (χ2v) is 19.8. The van der Waals surface area contributed by atoms with Crippen LogP contribution in [0.5, 0.6) is 0 Å². The van der Waals surface area contributed by atoms with Crippen molar-refractivity contribution in [1.29, 1.82) is 0 Å². The summed E-state index contributed by atoms with van der Waals surface area (Å²) in [5.41, 5.74) is 5.38. The summed E-state index contributed by atoms with van der Waals surface area (Å²) in [5.74, 6) is -0.857. The lowest BCUT2D eigenvalue weighted by Crippen LogP contribution is -2.29. The van der Waals surface area contributed by atoms with E-state index >= 15 is 0 Å². The molecule has 0 aliphatic heterocycles. The second kappa shape index (κ2) is 57.4. The number of nitrogens with two attached hydrogens (primary N) is 1. The monoisotopic (exact) mass is 1030 g/mol. The standard InChI is InChI=1S/C63H104NO8P/c1-3-5-7-9-11-13-15-17-19-21-23-25-27-29-30-32-33-35-37-39-41-43-45-47-49-51-53-55-62(65)69-59-61(60-71-73(67,68)70-58-57-64)72-63(66)56-54-52-50-48-46-44-42-40-38-36-34-31-28-26-24-22-20-18-16-14-12-10-8-6-4-2/h5-8,11-14,17-20,23-26,29-31,34,38,40,61H,3-4,9-10,15-16,21-22,27-28,32-33,35-37,39,41-60,64H2,1-2H3,(H,67,68)/b7-5-,8-6-,13-11-,14-12-,19-17-,20-18-,25-23-,26-24-,30-29-,34-31-,40-38-. The number of hydrogen-bond donors (Lipinski definition) is 2. The van der Waals surface area contributed by atoms with E-state index in [9.17, 15) is 19.0 Å². The van der Waals surface area contributed by atoms with Crippen molar-refractivity contribution in [2.75, 3.05) is 26.4 Å². The summed E-state index contributed by atoms with van der Waals surface area (Å²) in [4.78, 5) is 35.2. The molecule has 0 amide bonds. The third kappa shape index (κ3) is 57.3. The summed E-state index contributed by atoms with van der Waals surface area (Å²) < 4.78 is 33.0. The molecule has 0 aliphatic rings. The zero-order valence-corrected chi connectivity index (χ0v) is 47.0. The molecule has 0 saturated carbocycles. The Bertz CT molecular complexity index is 1650. The second-order valence-electron chi connectivity index (χ2n) is 18.4. The molecule has 73 heavy (non-hydrogen) atoms. The molecule has 414 valence electrons. The highest BCUT2D eigenvalue weighted by Gasteiger charge is 2.26. The number of ether oxygens (including phenoxy) is 2. The summed E-state index contributed by atoms with van der Waals surface area (Å²) >= 11 is 0. The number of hydrogen-bond acceptors (Lipinski definition) is 8. The van der Waals surface area contributed by atoms with Crippen molar-refractivity contribution < 1.29 is 37.6 Å². The van der Waals surface area contributed by atoms with Crippen LogP contribution in [0.4, 0.5) is 0 Å². The van der Waals surface area contributed by atoms with Crippen LogP contribution in [0.25, 0.3) is 0 Å². The summed E-state index contributed by atoms with van der Waals surface area (Å²) in [6, 6.07) is 0. The highest BCUT2D eigenvalue weighted by atomic mass is 31.2. The molecular formula is C63H104NO8P. The van der Waals surface area contributed by atoms with Crippen LogP contribution in [0.3, 0.4) is 0 Å². The maximum atomic E-state index is 12.7. The van der Waals surface area contributed by atoms with Crippen LogP contribution in [0, 0.1) is 0 Å². The molecule has 9 nitrogen and oxygen atoms in total. The Hall–Kier alpha value is -3.85. The van der Waals surface area contributed by atoms with Crippen molar-refractivity contribution in [3.63, 3.8) is 0 Å². The van der Waals surface area contributed by atoms with E-state index in [1.807, 2.05) is 0 Å². The predicted octanol–water partition coefficient (Wildman–Crippen LogP) is 18.2. The predicted molar refractivity (Wildman–Crippen MR) is 311 cm³/mol. The molecule has 0 aromatic rings. The van der Waals surface area contributed by atoms with Crippen molar-refractivity contribution in [1.82, 2.24) is 0 Å². The minimum Gasteiger partial charge on any atom is -0.462 e. The van der Waals surface area contributed by atoms with Crippen LogP contribution in [0.1, 0.15) is 219 Å². The van der Waals surface area contributed by atoms with Crippen molar-refractivity contribution in [2.45, 2.75) is 225 Å². The molecule has 0 aliphatic carbocycles. The average Bonchev–Trinajstić information content (AvgIpc) is 3.38. The minimum atomic E-state index is -4.40. The molecule has 0 heterocycles. The molecule has 3 N–H and O–H groups in total. The fourth-order valence-electron chi connectivity index (χ4n) is 7.37. The van der Waals surface area contributed by atoms with E-state index in [0.29, 0.717) is 6.42 Å². The molecular weight excluding hydrogens is 930 g/mol. The van der Waals surface area contributed by atoms with Gasteiger partial charge in [0.15, 0.2) is 6.10 Å². The molecule has 2 atom stereocenters. The first-order valence-corrected chi connectivity index (χ1v) is 30.2. The molecule has 0 bridgehead atoms. The number of allylic oxidation sites excluding steroid dienone is 22. The molecule has 0 radical (unpaired) electrons. The number of rotatable bonds is 52. The molecule has 0 aromatic carbocycles. The summed E-state index contributed by atoms with van der Waals surface area (Å²) in [5, 5.41) is 0. The third-order valence-corrected chi connectivity index (χ3v) is 12.5. The van der Waals surface area contributed by atoms with Gasteiger partial charge in [0, 0.05) is 19.4 Å². The molecule has 0 saturated heterocycles. The van der Waals surface area contributed by atoms with E-state index in [1.165, 1.54) is 44.9 Å². The maximum Gasteiger partial charge on any atom is 0.472 e. The van der Waals surface area contributed by atoms with Gasteiger partial charge in [-0.3, -0.25) is 18.6 Å². The largest absolute Gasteiger partial charge is 0.472 e. The first-order valence-electron chi connectivity index (χ1n) is 28.7. The van der Waals surface area contributed by atoms with Crippen molar-refractivity contribution >= 4 is 19.8 Å². The van der Waals surface area contributed by atoms with Gasteiger partial charge in [-0.2, -0.15) is 0 Å². The van der Waals surface area contributed by atoms with E-state index in [-0.39, 0.29) is 32.6 Å². The first-order chi connectivity index (χ1) is 35.8. The lowest BCUT2D eigenvalue weighted by molar-refractivity contribution is -0.161. The van der Waals surface area contributed by atoms with Gasteiger partial charge >= 0.3 is 19.8 Å². The van der Waals surface area contributed by atoms with Gasteiger partial charge in [-0.05, 0) is 109 Å². The third-order valence-electron chi connectivity index (χ3n) is 11.5. The Balaban J connectivity index is 4.06. The smallest absolute Gasteiger partial charge is 0.462 e. The van der Waals surface area contributed by atoms with Gasteiger partial charge in [-0.15, -0.1) is 0 Å². The zero-order valence-electron chi connectivity index (χ0n) is 46.1.